The Bertz CT molecular complexity index is 2180. The minimum Gasteiger partial charge on any atom is -0.507 e. The van der Waals surface area contributed by atoms with Crippen molar-refractivity contribution in [3.8, 4) is 11.5 Å². The number of aliphatic carboxylic acids is 2. The highest BCUT2D eigenvalue weighted by Crippen LogP contribution is 2.23. The summed E-state index contributed by atoms with van der Waals surface area (Å²) in [5.74, 6) is -9.12. The monoisotopic (exact) mass is 847 g/mol. The van der Waals surface area contributed by atoms with Crippen LogP contribution < -0.4 is 16.0 Å². The van der Waals surface area contributed by atoms with Crippen LogP contribution in [0, 0.1) is 0 Å². The molecule has 0 aliphatic rings. The van der Waals surface area contributed by atoms with E-state index >= 15 is 0 Å². The number of rotatable bonds is 25. The van der Waals surface area contributed by atoms with Crippen LogP contribution in [0.4, 0.5) is 0 Å². The second kappa shape index (κ2) is 23.9. The van der Waals surface area contributed by atoms with Crippen LogP contribution in [0.15, 0.2) is 54.6 Å². The lowest BCUT2D eigenvalue weighted by Gasteiger charge is -2.23. The standard InChI is InChI=1S/C42H45N3O16/c1-24(46)23-61-19-18-60-17-16-43-39(54)32(10-14-36(49)50)45-40(55)33(11-15-37(51)52)44-38(53)29-20-25(2-3-26-6-12-34(47)30(21-26)41(56)57)4-8-28(29)9-5-27-7-13-35(48)31(22-27)42(58)59/h2-9,12-13,20-22,32-33,47-48H,10-11,14-19,23H2,1H3,(H,43,54)(H,44,53)(H,45,55)(H,49,50)(H,51,52)(H,56,57)(H,58,59)/b3-2+,9-5+/t32-,33-/m0/s1. The second-order valence-corrected chi connectivity index (χ2v) is 13.3. The molecule has 0 aliphatic heterocycles. The summed E-state index contributed by atoms with van der Waals surface area (Å²) in [5, 5.41) is 64.8. The Kier molecular flexibility index (Phi) is 18.8. The van der Waals surface area contributed by atoms with Crippen molar-refractivity contribution in [2.75, 3.05) is 33.0 Å². The summed E-state index contributed by atoms with van der Waals surface area (Å²) in [5.41, 5.74) is 0.492. The van der Waals surface area contributed by atoms with Gasteiger partial charge in [-0.05, 0) is 72.4 Å². The van der Waals surface area contributed by atoms with E-state index in [1.807, 2.05) is 0 Å². The van der Waals surface area contributed by atoms with Gasteiger partial charge >= 0.3 is 23.9 Å². The van der Waals surface area contributed by atoms with Gasteiger partial charge in [0.05, 0.1) is 19.8 Å². The lowest BCUT2D eigenvalue weighted by Crippen LogP contribution is -2.54. The van der Waals surface area contributed by atoms with Gasteiger partial charge in [-0.25, -0.2) is 9.59 Å². The summed E-state index contributed by atoms with van der Waals surface area (Å²) in [4.78, 5) is 97.9. The van der Waals surface area contributed by atoms with Crippen LogP contribution in [-0.4, -0.2) is 123 Å². The van der Waals surface area contributed by atoms with Crippen LogP contribution in [-0.2, 0) is 33.4 Å². The van der Waals surface area contributed by atoms with Crippen molar-refractivity contribution in [3.63, 3.8) is 0 Å². The van der Waals surface area contributed by atoms with Gasteiger partial charge in [0, 0.05) is 24.9 Å². The largest absolute Gasteiger partial charge is 0.507 e. The molecule has 9 N–H and O–H groups in total. The first-order chi connectivity index (χ1) is 28.9. The molecule has 0 aromatic heterocycles. The topological polar surface area (TPSA) is 312 Å². The van der Waals surface area contributed by atoms with Crippen LogP contribution in [0.2, 0.25) is 0 Å². The summed E-state index contributed by atoms with van der Waals surface area (Å²) >= 11 is 0. The number of hydrogen-bond acceptors (Lipinski definition) is 12. The van der Waals surface area contributed by atoms with Gasteiger partial charge in [-0.2, -0.15) is 0 Å². The zero-order valence-electron chi connectivity index (χ0n) is 32.8. The van der Waals surface area contributed by atoms with Crippen molar-refractivity contribution in [2.45, 2.75) is 44.7 Å². The number of aromatic hydroxyl groups is 2. The van der Waals surface area contributed by atoms with Crippen molar-refractivity contribution in [3.05, 3.63) is 93.5 Å². The Morgan fingerprint density at radius 3 is 1.57 bits per heavy atom. The molecule has 0 radical (unpaired) electrons. The molecular formula is C42H45N3O16. The molecule has 3 rings (SSSR count). The fourth-order valence-electron chi connectivity index (χ4n) is 5.44. The molecular weight excluding hydrogens is 802 g/mol. The van der Waals surface area contributed by atoms with Gasteiger partial charge in [-0.3, -0.25) is 28.8 Å². The summed E-state index contributed by atoms with van der Waals surface area (Å²) in [6, 6.07) is 9.13. The lowest BCUT2D eigenvalue weighted by molar-refractivity contribution is -0.139. The number of aromatic carboxylic acids is 2. The molecule has 0 fully saturated rings. The first-order valence-electron chi connectivity index (χ1n) is 18.6. The number of hydrogen-bond donors (Lipinski definition) is 9. The lowest BCUT2D eigenvalue weighted by atomic mass is 9.99. The molecule has 3 amide bonds. The molecule has 61 heavy (non-hydrogen) atoms. The van der Waals surface area contributed by atoms with E-state index in [1.165, 1.54) is 79.8 Å². The van der Waals surface area contributed by atoms with Crippen molar-refractivity contribution < 1.29 is 78.5 Å². The van der Waals surface area contributed by atoms with E-state index < -0.39 is 84.4 Å². The molecule has 19 heteroatoms. The maximum atomic E-state index is 14.0. The minimum atomic E-state index is -1.57. The molecule has 0 heterocycles. The van der Waals surface area contributed by atoms with Gasteiger partial charge < -0.3 is 56.1 Å². The molecule has 3 aromatic rings. The molecule has 3 aromatic carbocycles. The number of carboxylic acids is 4. The highest BCUT2D eigenvalue weighted by atomic mass is 16.5. The van der Waals surface area contributed by atoms with Gasteiger partial charge in [0.1, 0.15) is 41.3 Å². The normalized spacial score (nSPS) is 12.1. The number of amides is 3. The van der Waals surface area contributed by atoms with E-state index in [2.05, 4.69) is 16.0 Å². The number of ketones is 1. The zero-order chi connectivity index (χ0) is 45.1. The van der Waals surface area contributed by atoms with Gasteiger partial charge in [-0.15, -0.1) is 0 Å². The Morgan fingerprint density at radius 1 is 0.590 bits per heavy atom. The molecule has 324 valence electrons. The molecule has 0 unspecified atom stereocenters. The molecule has 0 bridgehead atoms. The molecule has 0 saturated carbocycles. The minimum absolute atomic E-state index is 0.00285. The number of Topliss-reactive ketones (excluding diaryl/α,β-unsaturated/α-hetero) is 1. The number of carbonyl (C=O) groups excluding carboxylic acids is 4. The van der Waals surface area contributed by atoms with E-state index in [4.69, 9.17) is 9.47 Å². The highest BCUT2D eigenvalue weighted by Gasteiger charge is 2.28. The van der Waals surface area contributed by atoms with Gasteiger partial charge in [0.2, 0.25) is 11.8 Å². The fraction of sp³-hybridized carbons (Fsp3) is 0.286. The highest BCUT2D eigenvalue weighted by molar-refractivity contribution is 6.02. The Balaban J connectivity index is 1.93. The number of nitrogens with one attached hydrogen (secondary N) is 3. The molecule has 0 aliphatic carbocycles. The van der Waals surface area contributed by atoms with E-state index in [1.54, 1.807) is 6.07 Å². The average Bonchev–Trinajstić information content (AvgIpc) is 3.20. The third kappa shape index (κ3) is 16.4. The van der Waals surface area contributed by atoms with Crippen LogP contribution in [0.1, 0.15) is 85.9 Å². The van der Waals surface area contributed by atoms with Crippen molar-refractivity contribution >= 4 is 71.7 Å². The maximum absolute atomic E-state index is 14.0. The Labute approximate surface area is 348 Å². The summed E-state index contributed by atoms with van der Waals surface area (Å²) in [6.45, 7) is 1.45. The van der Waals surface area contributed by atoms with E-state index in [9.17, 15) is 69.0 Å². The van der Waals surface area contributed by atoms with Crippen LogP contribution >= 0.6 is 0 Å². The number of carbonyl (C=O) groups is 8. The predicted octanol–water partition coefficient (Wildman–Crippen LogP) is 2.89. The third-order valence-electron chi connectivity index (χ3n) is 8.52. The van der Waals surface area contributed by atoms with E-state index in [-0.39, 0.29) is 67.4 Å². The second-order valence-electron chi connectivity index (χ2n) is 13.3. The van der Waals surface area contributed by atoms with Gasteiger partial charge in [0.15, 0.2) is 5.78 Å². The first-order valence-corrected chi connectivity index (χ1v) is 18.6. The third-order valence-corrected chi connectivity index (χ3v) is 8.52. The van der Waals surface area contributed by atoms with Gasteiger partial charge in [-0.1, -0.05) is 48.6 Å². The van der Waals surface area contributed by atoms with Crippen molar-refractivity contribution in [1.82, 2.24) is 16.0 Å². The zero-order valence-corrected chi connectivity index (χ0v) is 32.8. The Hall–Kier alpha value is -7.38. The van der Waals surface area contributed by atoms with Crippen LogP contribution in [0.5, 0.6) is 11.5 Å². The molecule has 0 spiro atoms. The smallest absolute Gasteiger partial charge is 0.339 e. The average molecular weight is 848 g/mol. The van der Waals surface area contributed by atoms with Crippen LogP contribution in [0.25, 0.3) is 24.3 Å². The molecule has 2 atom stereocenters. The maximum Gasteiger partial charge on any atom is 0.339 e. The molecule has 19 nitrogen and oxygen atoms in total. The van der Waals surface area contributed by atoms with Crippen molar-refractivity contribution in [2.24, 2.45) is 0 Å². The van der Waals surface area contributed by atoms with E-state index in [0.717, 1.165) is 0 Å². The summed E-state index contributed by atoms with van der Waals surface area (Å²) < 4.78 is 10.4. The number of carboxylic acid groups (broad SMARTS) is 4. The molecule has 0 saturated heterocycles. The van der Waals surface area contributed by atoms with Crippen molar-refractivity contribution in [1.29, 1.82) is 0 Å². The summed E-state index contributed by atoms with van der Waals surface area (Å²) in [7, 11) is 0. The fourth-order valence-corrected chi connectivity index (χ4v) is 5.44. The number of benzene rings is 3. The SMILES string of the molecule is CC(=O)COCCOCCNC(=O)[C@H](CCC(=O)O)NC(=O)[C@H](CCC(=O)O)NC(=O)c1cc(/C=C/c2ccc(O)c(C(=O)O)c2)ccc1/C=C/c1ccc(O)c(C(=O)O)c1. The summed E-state index contributed by atoms with van der Waals surface area (Å²) in [6.07, 6.45) is 3.95. The van der Waals surface area contributed by atoms with Gasteiger partial charge in [0.25, 0.3) is 5.91 Å². The van der Waals surface area contributed by atoms with Crippen LogP contribution in [0.3, 0.4) is 0 Å². The number of phenols is 2. The van der Waals surface area contributed by atoms with E-state index in [0.29, 0.717) is 16.7 Å². The predicted molar refractivity (Wildman–Crippen MR) is 217 cm³/mol. The quantitative estimate of drug-likeness (QED) is 0.0437. The first kappa shape index (κ1) is 48.0. The number of ether oxygens (including phenoxy) is 2. The Morgan fingerprint density at radius 2 is 1.07 bits per heavy atom.